The Balaban J connectivity index is 2.56. The summed E-state index contributed by atoms with van der Waals surface area (Å²) in [5, 5.41) is 3.13. The Bertz CT molecular complexity index is 246. The Morgan fingerprint density at radius 1 is 1.31 bits per heavy atom. The zero-order valence-electron chi connectivity index (χ0n) is 8.51. The average molecular weight is 178 g/mol. The third kappa shape index (κ3) is 3.55. The minimum Gasteiger partial charge on any atom is -0.316 e. The maximum absolute atomic E-state index is 4.22. The summed E-state index contributed by atoms with van der Waals surface area (Å²) < 4.78 is 0. The molecule has 0 radical (unpaired) electrons. The van der Waals surface area contributed by atoms with E-state index in [2.05, 4.69) is 23.3 Å². The zero-order chi connectivity index (χ0) is 9.52. The van der Waals surface area contributed by atoms with E-state index in [0.29, 0.717) is 0 Å². The van der Waals surface area contributed by atoms with Gasteiger partial charge in [0.25, 0.3) is 0 Å². The van der Waals surface area contributed by atoms with E-state index in [9.17, 15) is 0 Å². The molecule has 0 saturated heterocycles. The number of aromatic nitrogens is 1. The van der Waals surface area contributed by atoms with Crippen LogP contribution in [0.4, 0.5) is 0 Å². The maximum Gasteiger partial charge on any atom is 0.0313 e. The molecule has 0 aliphatic rings. The van der Waals surface area contributed by atoms with E-state index in [1.165, 1.54) is 24.0 Å². The van der Waals surface area contributed by atoms with Gasteiger partial charge in [0.2, 0.25) is 0 Å². The van der Waals surface area contributed by atoms with Gasteiger partial charge in [-0.05, 0) is 31.0 Å². The Morgan fingerprint density at radius 3 is 2.77 bits per heavy atom. The highest BCUT2D eigenvalue weighted by Crippen LogP contribution is 2.06. The summed E-state index contributed by atoms with van der Waals surface area (Å²) >= 11 is 0. The molecule has 0 fully saturated rings. The van der Waals surface area contributed by atoms with Crippen LogP contribution in [0.2, 0.25) is 0 Å². The summed E-state index contributed by atoms with van der Waals surface area (Å²) in [6, 6.07) is 2.24. The summed E-state index contributed by atoms with van der Waals surface area (Å²) in [5.41, 5.74) is 2.63. The molecule has 0 aliphatic carbocycles. The molecule has 0 saturated carbocycles. The van der Waals surface area contributed by atoms with Crippen LogP contribution >= 0.6 is 0 Å². The van der Waals surface area contributed by atoms with Gasteiger partial charge in [-0.25, -0.2) is 0 Å². The molecule has 1 aromatic rings. The van der Waals surface area contributed by atoms with Crippen LogP contribution in [-0.2, 0) is 13.0 Å². The average Bonchev–Trinajstić information content (AvgIpc) is 2.16. The van der Waals surface area contributed by atoms with Gasteiger partial charge in [-0.1, -0.05) is 19.4 Å². The lowest BCUT2D eigenvalue weighted by Crippen LogP contribution is -2.05. The molecule has 0 atom stereocenters. The Labute approximate surface area is 80.4 Å². The Hall–Kier alpha value is -0.890. The SMILES string of the molecule is CCCCc1cncc(CNC)c1. The normalized spacial score (nSPS) is 10.3. The number of rotatable bonds is 5. The van der Waals surface area contributed by atoms with Crippen LogP contribution in [0.3, 0.4) is 0 Å². The highest BCUT2D eigenvalue weighted by Gasteiger charge is 1.95. The molecule has 1 aromatic heterocycles. The summed E-state index contributed by atoms with van der Waals surface area (Å²) in [7, 11) is 1.96. The fraction of sp³-hybridized carbons (Fsp3) is 0.545. The first-order valence-corrected chi connectivity index (χ1v) is 4.94. The first-order chi connectivity index (χ1) is 6.36. The van der Waals surface area contributed by atoms with Gasteiger partial charge >= 0.3 is 0 Å². The van der Waals surface area contributed by atoms with Crippen LogP contribution in [0.15, 0.2) is 18.5 Å². The van der Waals surface area contributed by atoms with E-state index in [0.717, 1.165) is 13.0 Å². The molecule has 0 unspecified atom stereocenters. The molecule has 0 aliphatic heterocycles. The summed E-state index contributed by atoms with van der Waals surface area (Å²) in [5.74, 6) is 0. The summed E-state index contributed by atoms with van der Waals surface area (Å²) in [6.07, 6.45) is 7.54. The number of nitrogens with zero attached hydrogens (tertiary/aromatic N) is 1. The monoisotopic (exact) mass is 178 g/mol. The van der Waals surface area contributed by atoms with E-state index in [4.69, 9.17) is 0 Å². The lowest BCUT2D eigenvalue weighted by atomic mass is 10.1. The standard InChI is InChI=1S/C11H18N2/c1-3-4-5-10-6-11(7-12-2)9-13-8-10/h6,8-9,12H,3-5,7H2,1-2H3. The van der Waals surface area contributed by atoms with Crippen LogP contribution in [0.1, 0.15) is 30.9 Å². The fourth-order valence-electron chi connectivity index (χ4n) is 1.36. The molecule has 0 spiro atoms. The van der Waals surface area contributed by atoms with Crippen molar-refractivity contribution < 1.29 is 0 Å². The lowest BCUT2D eigenvalue weighted by Gasteiger charge is -2.03. The molecule has 13 heavy (non-hydrogen) atoms. The van der Waals surface area contributed by atoms with Crippen molar-refractivity contribution in [3.8, 4) is 0 Å². The second kappa shape index (κ2) is 5.70. The van der Waals surface area contributed by atoms with Crippen molar-refractivity contribution in [2.75, 3.05) is 7.05 Å². The number of aryl methyl sites for hydroxylation is 1. The van der Waals surface area contributed by atoms with Crippen LogP contribution in [0, 0.1) is 0 Å². The van der Waals surface area contributed by atoms with Gasteiger partial charge < -0.3 is 5.32 Å². The van der Waals surface area contributed by atoms with Crippen LogP contribution in [0.5, 0.6) is 0 Å². The molecule has 72 valence electrons. The number of nitrogens with one attached hydrogen (secondary N) is 1. The van der Waals surface area contributed by atoms with Gasteiger partial charge in [0.1, 0.15) is 0 Å². The predicted molar refractivity (Wildman–Crippen MR) is 55.6 cm³/mol. The number of hydrogen-bond acceptors (Lipinski definition) is 2. The molecule has 2 heteroatoms. The molecular weight excluding hydrogens is 160 g/mol. The lowest BCUT2D eigenvalue weighted by molar-refractivity contribution is 0.779. The third-order valence-corrected chi connectivity index (χ3v) is 2.05. The number of pyridine rings is 1. The van der Waals surface area contributed by atoms with Gasteiger partial charge in [-0.15, -0.1) is 0 Å². The molecular formula is C11H18N2. The molecule has 0 bridgehead atoms. The van der Waals surface area contributed by atoms with E-state index < -0.39 is 0 Å². The topological polar surface area (TPSA) is 24.9 Å². The van der Waals surface area contributed by atoms with Crippen LogP contribution < -0.4 is 5.32 Å². The summed E-state index contributed by atoms with van der Waals surface area (Å²) in [4.78, 5) is 4.22. The fourth-order valence-corrected chi connectivity index (χ4v) is 1.36. The smallest absolute Gasteiger partial charge is 0.0313 e. The predicted octanol–water partition coefficient (Wildman–Crippen LogP) is 2.14. The minimum atomic E-state index is 0.910. The van der Waals surface area contributed by atoms with E-state index in [-0.39, 0.29) is 0 Å². The van der Waals surface area contributed by atoms with Crippen molar-refractivity contribution in [2.45, 2.75) is 32.7 Å². The third-order valence-electron chi connectivity index (χ3n) is 2.05. The van der Waals surface area contributed by atoms with Gasteiger partial charge in [-0.2, -0.15) is 0 Å². The highest BCUT2D eigenvalue weighted by atomic mass is 14.8. The maximum atomic E-state index is 4.22. The Morgan fingerprint density at radius 2 is 2.08 bits per heavy atom. The first-order valence-electron chi connectivity index (χ1n) is 4.94. The summed E-state index contributed by atoms with van der Waals surface area (Å²) in [6.45, 7) is 3.12. The van der Waals surface area contributed by atoms with Crippen molar-refractivity contribution in [2.24, 2.45) is 0 Å². The van der Waals surface area contributed by atoms with Crippen LogP contribution in [-0.4, -0.2) is 12.0 Å². The second-order valence-electron chi connectivity index (χ2n) is 3.34. The highest BCUT2D eigenvalue weighted by molar-refractivity contribution is 5.18. The Kier molecular flexibility index (Phi) is 4.47. The first kappa shape index (κ1) is 10.2. The van der Waals surface area contributed by atoms with Crippen molar-refractivity contribution in [3.05, 3.63) is 29.6 Å². The molecule has 0 aromatic carbocycles. The second-order valence-corrected chi connectivity index (χ2v) is 3.34. The molecule has 1 N–H and O–H groups in total. The van der Waals surface area contributed by atoms with E-state index in [1.807, 2.05) is 19.4 Å². The molecule has 0 amide bonds. The van der Waals surface area contributed by atoms with E-state index in [1.54, 1.807) is 0 Å². The van der Waals surface area contributed by atoms with E-state index >= 15 is 0 Å². The van der Waals surface area contributed by atoms with Crippen molar-refractivity contribution >= 4 is 0 Å². The van der Waals surface area contributed by atoms with Gasteiger partial charge in [0.05, 0.1) is 0 Å². The quantitative estimate of drug-likeness (QED) is 0.747. The molecule has 1 heterocycles. The number of unbranched alkanes of at least 4 members (excludes halogenated alkanes) is 1. The molecule has 2 nitrogen and oxygen atoms in total. The van der Waals surface area contributed by atoms with Gasteiger partial charge in [-0.3, -0.25) is 4.98 Å². The van der Waals surface area contributed by atoms with Crippen molar-refractivity contribution in [3.63, 3.8) is 0 Å². The minimum absolute atomic E-state index is 0.910. The largest absolute Gasteiger partial charge is 0.316 e. The van der Waals surface area contributed by atoms with Crippen molar-refractivity contribution in [1.29, 1.82) is 0 Å². The van der Waals surface area contributed by atoms with Crippen molar-refractivity contribution in [1.82, 2.24) is 10.3 Å². The van der Waals surface area contributed by atoms with Gasteiger partial charge in [0, 0.05) is 18.9 Å². The van der Waals surface area contributed by atoms with Crippen LogP contribution in [0.25, 0.3) is 0 Å². The van der Waals surface area contributed by atoms with Gasteiger partial charge in [0.15, 0.2) is 0 Å². The molecule has 1 rings (SSSR count). The zero-order valence-corrected chi connectivity index (χ0v) is 8.51. The number of hydrogen-bond donors (Lipinski definition) is 1.